The number of carbonyl (C=O) groups is 1. The highest BCUT2D eigenvalue weighted by Gasteiger charge is 2.10. The molecule has 1 aromatic rings. The predicted octanol–water partition coefficient (Wildman–Crippen LogP) is 2.29. The summed E-state index contributed by atoms with van der Waals surface area (Å²) in [5.41, 5.74) is 0. The van der Waals surface area contributed by atoms with Crippen molar-refractivity contribution >= 4 is 52.2 Å². The summed E-state index contributed by atoms with van der Waals surface area (Å²) in [7, 11) is 1.86. The van der Waals surface area contributed by atoms with Crippen molar-refractivity contribution in [2.45, 2.75) is 13.3 Å². The summed E-state index contributed by atoms with van der Waals surface area (Å²) in [5, 5.41) is 5.95. The van der Waals surface area contributed by atoms with Crippen LogP contribution in [0, 0.1) is 8.80 Å². The molecule has 3 nitrogen and oxygen atoms in total. The zero-order valence-electron chi connectivity index (χ0n) is 9.96. The van der Waals surface area contributed by atoms with E-state index in [0.29, 0.717) is 0 Å². The second-order valence-corrected chi connectivity index (χ2v) is 6.77. The molecule has 1 unspecified atom stereocenters. The number of hydrogen-bond donors (Lipinski definition) is 2. The maximum atomic E-state index is 11.6. The van der Waals surface area contributed by atoms with Crippen LogP contribution in [0.15, 0.2) is 12.1 Å². The highest BCUT2D eigenvalue weighted by molar-refractivity contribution is 14.1. The van der Waals surface area contributed by atoms with Crippen molar-refractivity contribution in [1.82, 2.24) is 10.6 Å². The molecule has 0 aliphatic rings. The van der Waals surface area contributed by atoms with Crippen LogP contribution in [-0.2, 0) is 11.2 Å². The normalized spacial score (nSPS) is 11.7. The Balaban J connectivity index is 0.00000256. The lowest BCUT2D eigenvalue weighted by molar-refractivity contribution is -0.124. The molecule has 0 radical (unpaired) electrons. The van der Waals surface area contributed by atoms with Gasteiger partial charge in [-0.25, -0.2) is 0 Å². The lowest BCUT2D eigenvalue weighted by Crippen LogP contribution is -2.35. The van der Waals surface area contributed by atoms with Crippen LogP contribution in [0.4, 0.5) is 0 Å². The minimum absolute atomic E-state index is 0. The summed E-state index contributed by atoms with van der Waals surface area (Å²) in [5.74, 6) is 0.161. The fourth-order valence-corrected chi connectivity index (χ4v) is 3.12. The van der Waals surface area contributed by atoms with E-state index in [0.717, 1.165) is 19.5 Å². The molecule has 1 heterocycles. The average molecular weight is 389 g/mol. The number of halogens is 2. The first-order chi connectivity index (χ1) is 7.63. The van der Waals surface area contributed by atoms with Crippen molar-refractivity contribution in [3.05, 3.63) is 19.9 Å². The Bertz CT molecular complexity index is 346. The summed E-state index contributed by atoms with van der Waals surface area (Å²) in [6, 6.07) is 4.22. The molecular formula is C11H18ClIN2OS. The van der Waals surface area contributed by atoms with E-state index < -0.39 is 0 Å². The van der Waals surface area contributed by atoms with Gasteiger partial charge in [-0.05, 0) is 48.2 Å². The second-order valence-electron chi connectivity index (χ2n) is 3.71. The van der Waals surface area contributed by atoms with Crippen LogP contribution < -0.4 is 10.6 Å². The summed E-state index contributed by atoms with van der Waals surface area (Å²) in [6.45, 7) is 3.38. The van der Waals surface area contributed by atoms with Gasteiger partial charge in [-0.2, -0.15) is 0 Å². The fourth-order valence-electron chi connectivity index (χ4n) is 1.37. The van der Waals surface area contributed by atoms with E-state index in [1.807, 2.05) is 14.0 Å². The Kier molecular flexibility index (Phi) is 9.21. The van der Waals surface area contributed by atoms with E-state index in [4.69, 9.17) is 0 Å². The van der Waals surface area contributed by atoms with Crippen molar-refractivity contribution < 1.29 is 4.79 Å². The number of hydrogen-bond acceptors (Lipinski definition) is 3. The van der Waals surface area contributed by atoms with Crippen LogP contribution in [0.5, 0.6) is 0 Å². The fraction of sp³-hybridized carbons (Fsp3) is 0.545. The van der Waals surface area contributed by atoms with E-state index in [1.165, 1.54) is 7.76 Å². The number of rotatable bonds is 6. The van der Waals surface area contributed by atoms with E-state index in [-0.39, 0.29) is 24.2 Å². The molecule has 0 saturated heterocycles. The summed E-state index contributed by atoms with van der Waals surface area (Å²) in [4.78, 5) is 12.9. The Morgan fingerprint density at radius 2 is 2.24 bits per heavy atom. The van der Waals surface area contributed by atoms with Crippen molar-refractivity contribution in [3.8, 4) is 0 Å². The van der Waals surface area contributed by atoms with Crippen LogP contribution in [0.3, 0.4) is 0 Å². The molecule has 0 fully saturated rings. The molecule has 0 bridgehead atoms. The highest BCUT2D eigenvalue weighted by atomic mass is 127. The molecule has 0 aromatic carbocycles. The number of nitrogens with one attached hydrogen (secondary N) is 2. The Morgan fingerprint density at radius 1 is 1.53 bits per heavy atom. The molecule has 0 aliphatic heterocycles. The standard InChI is InChI=1S/C11H17IN2OS.ClH/c1-8(7-13-2)11(15)14-6-5-9-3-4-10(12)16-9;/h3-4,8,13H,5-7H2,1-2H3,(H,14,15);1H. The average Bonchev–Trinajstić information content (AvgIpc) is 2.64. The van der Waals surface area contributed by atoms with Crippen LogP contribution in [0.1, 0.15) is 11.8 Å². The summed E-state index contributed by atoms with van der Waals surface area (Å²) >= 11 is 4.09. The third-order valence-corrected chi connectivity index (χ3v) is 4.21. The van der Waals surface area contributed by atoms with Crippen molar-refractivity contribution in [1.29, 1.82) is 0 Å². The van der Waals surface area contributed by atoms with Gasteiger partial charge in [0.15, 0.2) is 0 Å². The SMILES string of the molecule is CNCC(C)C(=O)NCCc1ccc(I)s1.Cl. The molecule has 0 aliphatic carbocycles. The molecule has 1 rings (SSSR count). The summed E-state index contributed by atoms with van der Waals surface area (Å²) < 4.78 is 1.29. The monoisotopic (exact) mass is 388 g/mol. The van der Waals surface area contributed by atoms with Gasteiger partial charge >= 0.3 is 0 Å². The van der Waals surface area contributed by atoms with Gasteiger partial charge in [0.05, 0.1) is 2.88 Å². The van der Waals surface area contributed by atoms with Crippen molar-refractivity contribution in [3.63, 3.8) is 0 Å². The van der Waals surface area contributed by atoms with Gasteiger partial charge in [-0.3, -0.25) is 4.79 Å². The number of amides is 1. The maximum absolute atomic E-state index is 11.6. The topological polar surface area (TPSA) is 41.1 Å². The number of thiophene rings is 1. The molecular weight excluding hydrogens is 371 g/mol. The van der Waals surface area contributed by atoms with Crippen LogP contribution >= 0.6 is 46.3 Å². The Hall–Kier alpha value is 0.150. The van der Waals surface area contributed by atoms with Gasteiger partial charge in [0, 0.05) is 23.9 Å². The van der Waals surface area contributed by atoms with Crippen LogP contribution in [0.2, 0.25) is 0 Å². The zero-order valence-corrected chi connectivity index (χ0v) is 13.7. The highest BCUT2D eigenvalue weighted by Crippen LogP contribution is 2.18. The quantitative estimate of drug-likeness (QED) is 0.734. The first kappa shape index (κ1) is 17.2. The lowest BCUT2D eigenvalue weighted by Gasteiger charge is -2.10. The number of carbonyl (C=O) groups excluding carboxylic acids is 1. The van der Waals surface area contributed by atoms with Gasteiger partial charge in [-0.1, -0.05) is 6.92 Å². The van der Waals surface area contributed by atoms with E-state index >= 15 is 0 Å². The molecule has 2 N–H and O–H groups in total. The molecule has 1 amide bonds. The van der Waals surface area contributed by atoms with Gasteiger partial charge in [0.25, 0.3) is 0 Å². The van der Waals surface area contributed by atoms with E-state index in [2.05, 4.69) is 45.4 Å². The molecule has 17 heavy (non-hydrogen) atoms. The molecule has 1 aromatic heterocycles. The minimum Gasteiger partial charge on any atom is -0.355 e. The first-order valence-corrected chi connectivity index (χ1v) is 7.19. The molecule has 0 spiro atoms. The molecule has 6 heteroatoms. The molecule has 1 atom stereocenters. The third kappa shape index (κ3) is 6.59. The van der Waals surface area contributed by atoms with Gasteiger partial charge in [0.1, 0.15) is 0 Å². The lowest BCUT2D eigenvalue weighted by atomic mass is 10.1. The van der Waals surface area contributed by atoms with E-state index in [1.54, 1.807) is 11.3 Å². The largest absolute Gasteiger partial charge is 0.355 e. The predicted molar refractivity (Wildman–Crippen MR) is 84.1 cm³/mol. The smallest absolute Gasteiger partial charge is 0.224 e. The summed E-state index contributed by atoms with van der Waals surface area (Å²) in [6.07, 6.45) is 0.922. The van der Waals surface area contributed by atoms with E-state index in [9.17, 15) is 4.79 Å². The Labute approximate surface area is 126 Å². The van der Waals surface area contributed by atoms with Crippen LogP contribution in [0.25, 0.3) is 0 Å². The molecule has 0 saturated carbocycles. The van der Waals surface area contributed by atoms with Crippen molar-refractivity contribution in [2.75, 3.05) is 20.1 Å². The zero-order chi connectivity index (χ0) is 12.0. The molecule has 98 valence electrons. The van der Waals surface area contributed by atoms with Gasteiger partial charge in [-0.15, -0.1) is 23.7 Å². The van der Waals surface area contributed by atoms with Gasteiger partial charge in [0.2, 0.25) is 5.91 Å². The third-order valence-electron chi connectivity index (χ3n) is 2.26. The Morgan fingerprint density at radius 3 is 2.76 bits per heavy atom. The van der Waals surface area contributed by atoms with Gasteiger partial charge < -0.3 is 10.6 Å². The van der Waals surface area contributed by atoms with Crippen molar-refractivity contribution in [2.24, 2.45) is 5.92 Å². The maximum Gasteiger partial charge on any atom is 0.224 e. The minimum atomic E-state index is 0. The second kappa shape index (κ2) is 9.13. The van der Waals surface area contributed by atoms with Crippen LogP contribution in [-0.4, -0.2) is 26.0 Å². The first-order valence-electron chi connectivity index (χ1n) is 5.30.